The average molecular weight is 210 g/mol. The van der Waals surface area contributed by atoms with Crippen LogP contribution in [0.3, 0.4) is 0 Å². The Hall–Kier alpha value is -0.650. The Morgan fingerprint density at radius 1 is 1.42 bits per heavy atom. The summed E-state index contributed by atoms with van der Waals surface area (Å²) < 4.78 is 29.5. The average Bonchev–Trinajstić information content (AvgIpc) is 1.86. The molecule has 1 N–H and O–H groups in total. The van der Waals surface area contributed by atoms with Crippen LogP contribution in [0.1, 0.15) is 5.69 Å². The number of halogens is 1. The van der Waals surface area contributed by atoms with Crippen molar-refractivity contribution >= 4 is 22.5 Å². The van der Waals surface area contributed by atoms with E-state index in [0.717, 1.165) is 0 Å². The molecule has 0 bridgehead atoms. The molecule has 1 aromatic heterocycles. The first-order chi connectivity index (χ1) is 5.00. The molecule has 1 aromatic rings. The molecule has 1 heterocycles. The van der Waals surface area contributed by atoms with Crippen LogP contribution in [0, 0.1) is 6.92 Å². The second kappa shape index (κ2) is 3.84. The first-order valence-corrected chi connectivity index (χ1v) is 4.35. The fourth-order valence-corrected chi connectivity index (χ4v) is 1.17. The lowest BCUT2D eigenvalue weighted by Gasteiger charge is -1.95. The van der Waals surface area contributed by atoms with Gasteiger partial charge in [-0.05, 0) is 19.1 Å². The topological polar surface area (TPSA) is 67.3 Å². The standard InChI is InChI=1S/C6H7NO3S.ClH/c1-5-3-2-4-6(7-5)11(8,9)10;/h2-4H,1H3,(H,8,9,10);1H. The van der Waals surface area contributed by atoms with Crippen LogP contribution in [0.4, 0.5) is 0 Å². The molecule has 0 atom stereocenters. The Labute approximate surface area is 76.8 Å². The number of aryl methyl sites for hydroxylation is 1. The molecule has 0 aliphatic heterocycles. The molecule has 4 nitrogen and oxygen atoms in total. The molecule has 0 amide bonds. The summed E-state index contributed by atoms with van der Waals surface area (Å²) in [6.45, 7) is 1.65. The third-order valence-corrected chi connectivity index (χ3v) is 1.88. The number of hydrogen-bond donors (Lipinski definition) is 1. The highest BCUT2D eigenvalue weighted by Gasteiger charge is 2.09. The number of nitrogens with zero attached hydrogens (tertiary/aromatic N) is 1. The van der Waals surface area contributed by atoms with Gasteiger partial charge in [-0.3, -0.25) is 4.55 Å². The third kappa shape index (κ3) is 2.77. The lowest BCUT2D eigenvalue weighted by atomic mass is 10.4. The Kier molecular flexibility index (Phi) is 3.63. The summed E-state index contributed by atoms with van der Waals surface area (Å²) in [7, 11) is -4.14. The minimum absolute atomic E-state index is 0. The number of pyridine rings is 1. The van der Waals surface area contributed by atoms with Gasteiger partial charge in [0.05, 0.1) is 0 Å². The lowest BCUT2D eigenvalue weighted by Crippen LogP contribution is -2.01. The lowest BCUT2D eigenvalue weighted by molar-refractivity contribution is 0.479. The molecule has 1 rings (SSSR count). The van der Waals surface area contributed by atoms with Crippen LogP contribution in [0.25, 0.3) is 0 Å². The Bertz CT molecular complexity index is 363. The number of hydrogen-bond acceptors (Lipinski definition) is 3. The summed E-state index contributed by atoms with van der Waals surface area (Å²) in [6.07, 6.45) is 0. The van der Waals surface area contributed by atoms with Crippen molar-refractivity contribution in [1.82, 2.24) is 4.98 Å². The van der Waals surface area contributed by atoms with Gasteiger partial charge in [0.1, 0.15) is 0 Å². The molecule has 6 heteroatoms. The summed E-state index contributed by atoms with van der Waals surface area (Å²) in [5.74, 6) is 0. The minimum Gasteiger partial charge on any atom is -0.281 e. The van der Waals surface area contributed by atoms with Gasteiger partial charge in [-0.1, -0.05) is 6.07 Å². The Morgan fingerprint density at radius 3 is 2.33 bits per heavy atom. The van der Waals surface area contributed by atoms with E-state index < -0.39 is 10.1 Å². The normalized spacial score (nSPS) is 10.5. The summed E-state index contributed by atoms with van der Waals surface area (Å²) in [5.41, 5.74) is 0.556. The van der Waals surface area contributed by atoms with Gasteiger partial charge in [0.15, 0.2) is 5.03 Å². The SMILES string of the molecule is Cc1cccc(S(=O)(=O)O)n1.Cl. The van der Waals surface area contributed by atoms with Gasteiger partial charge < -0.3 is 0 Å². The molecule has 0 radical (unpaired) electrons. The van der Waals surface area contributed by atoms with Gasteiger partial charge in [0, 0.05) is 5.69 Å². The molecule has 0 unspecified atom stereocenters. The zero-order chi connectivity index (χ0) is 8.48. The van der Waals surface area contributed by atoms with Crippen LogP contribution in [0.5, 0.6) is 0 Å². The van der Waals surface area contributed by atoms with Crippen molar-refractivity contribution in [2.75, 3.05) is 0 Å². The van der Waals surface area contributed by atoms with Crippen molar-refractivity contribution in [2.24, 2.45) is 0 Å². The van der Waals surface area contributed by atoms with Crippen molar-refractivity contribution in [2.45, 2.75) is 11.9 Å². The summed E-state index contributed by atoms with van der Waals surface area (Å²) in [5, 5.41) is -0.308. The van der Waals surface area contributed by atoms with Crippen molar-refractivity contribution < 1.29 is 13.0 Å². The Morgan fingerprint density at radius 2 is 2.00 bits per heavy atom. The van der Waals surface area contributed by atoms with Crippen LogP contribution in [0.15, 0.2) is 23.2 Å². The second-order valence-corrected chi connectivity index (χ2v) is 3.46. The Balaban J connectivity index is 0.00000121. The third-order valence-electron chi connectivity index (χ3n) is 1.13. The van der Waals surface area contributed by atoms with Crippen LogP contribution >= 0.6 is 12.4 Å². The predicted octanol–water partition coefficient (Wildman–Crippen LogP) is 1.06. The first-order valence-electron chi connectivity index (χ1n) is 2.91. The van der Waals surface area contributed by atoms with E-state index >= 15 is 0 Å². The molecular weight excluding hydrogens is 202 g/mol. The maximum absolute atomic E-state index is 10.5. The van der Waals surface area contributed by atoms with E-state index in [2.05, 4.69) is 4.98 Å². The molecule has 68 valence electrons. The molecule has 0 spiro atoms. The molecule has 0 aromatic carbocycles. The first kappa shape index (κ1) is 11.4. The zero-order valence-corrected chi connectivity index (χ0v) is 7.89. The van der Waals surface area contributed by atoms with E-state index in [9.17, 15) is 8.42 Å². The molecule has 0 aliphatic rings. The van der Waals surface area contributed by atoms with Crippen LogP contribution in [-0.4, -0.2) is 18.0 Å². The fourth-order valence-electron chi connectivity index (χ4n) is 0.662. The molecule has 12 heavy (non-hydrogen) atoms. The summed E-state index contributed by atoms with van der Waals surface area (Å²) in [6, 6.07) is 4.41. The monoisotopic (exact) mass is 209 g/mol. The van der Waals surface area contributed by atoms with E-state index in [1.165, 1.54) is 12.1 Å². The molecule has 0 fully saturated rings. The summed E-state index contributed by atoms with van der Waals surface area (Å²) >= 11 is 0. The largest absolute Gasteiger partial charge is 0.312 e. The van der Waals surface area contributed by atoms with Crippen molar-refractivity contribution in [3.63, 3.8) is 0 Å². The smallest absolute Gasteiger partial charge is 0.281 e. The maximum Gasteiger partial charge on any atom is 0.312 e. The van der Waals surface area contributed by atoms with Crippen molar-refractivity contribution in [3.8, 4) is 0 Å². The molecular formula is C6H8ClNO3S. The van der Waals surface area contributed by atoms with Gasteiger partial charge in [0.25, 0.3) is 0 Å². The fraction of sp³-hybridized carbons (Fsp3) is 0.167. The quantitative estimate of drug-likeness (QED) is 0.703. The predicted molar refractivity (Wildman–Crippen MR) is 46.0 cm³/mol. The van der Waals surface area contributed by atoms with Gasteiger partial charge in [0.2, 0.25) is 0 Å². The maximum atomic E-state index is 10.5. The van der Waals surface area contributed by atoms with Gasteiger partial charge in [-0.2, -0.15) is 8.42 Å². The highest BCUT2D eigenvalue weighted by molar-refractivity contribution is 7.85. The van der Waals surface area contributed by atoms with Gasteiger partial charge in [-0.15, -0.1) is 12.4 Å². The zero-order valence-electron chi connectivity index (χ0n) is 6.26. The minimum atomic E-state index is -4.14. The second-order valence-electron chi connectivity index (χ2n) is 2.09. The number of aromatic nitrogens is 1. The van der Waals surface area contributed by atoms with E-state index in [1.807, 2.05) is 0 Å². The van der Waals surface area contributed by atoms with Crippen LogP contribution in [0.2, 0.25) is 0 Å². The summed E-state index contributed by atoms with van der Waals surface area (Å²) in [4.78, 5) is 3.61. The number of rotatable bonds is 1. The highest BCUT2D eigenvalue weighted by atomic mass is 35.5. The van der Waals surface area contributed by atoms with Crippen LogP contribution in [-0.2, 0) is 10.1 Å². The van der Waals surface area contributed by atoms with E-state index in [4.69, 9.17) is 4.55 Å². The van der Waals surface area contributed by atoms with Crippen LogP contribution < -0.4 is 0 Å². The van der Waals surface area contributed by atoms with E-state index in [-0.39, 0.29) is 17.4 Å². The van der Waals surface area contributed by atoms with E-state index in [1.54, 1.807) is 13.0 Å². The highest BCUT2D eigenvalue weighted by Crippen LogP contribution is 2.04. The molecule has 0 saturated heterocycles. The molecule has 0 aliphatic carbocycles. The molecule has 0 saturated carbocycles. The van der Waals surface area contributed by atoms with Gasteiger partial charge >= 0.3 is 10.1 Å². The van der Waals surface area contributed by atoms with Crippen molar-refractivity contribution in [1.29, 1.82) is 0 Å². The van der Waals surface area contributed by atoms with Gasteiger partial charge in [-0.25, -0.2) is 4.98 Å². The van der Waals surface area contributed by atoms with E-state index in [0.29, 0.717) is 5.69 Å². The van der Waals surface area contributed by atoms with Crippen molar-refractivity contribution in [3.05, 3.63) is 23.9 Å².